The Bertz CT molecular complexity index is 709. The Morgan fingerprint density at radius 1 is 0.833 bits per heavy atom. The third kappa shape index (κ3) is 3.65. The molecule has 124 valence electrons. The second kappa shape index (κ2) is 7.30. The largest absolute Gasteiger partial charge is 0.481 e. The normalized spacial score (nSPS) is 20.3. The lowest BCUT2D eigenvalue weighted by atomic mass is 9.78. The monoisotopic (exact) mass is 323 g/mol. The fraction of sp³-hybridized carbons (Fsp3) is 0.300. The maximum atomic E-state index is 12.5. The van der Waals surface area contributed by atoms with Gasteiger partial charge in [-0.2, -0.15) is 0 Å². The first-order chi connectivity index (χ1) is 11.6. The van der Waals surface area contributed by atoms with Crippen molar-refractivity contribution in [2.24, 2.45) is 11.8 Å². The smallest absolute Gasteiger partial charge is 0.307 e. The molecule has 0 aromatic heterocycles. The number of rotatable bonds is 4. The summed E-state index contributed by atoms with van der Waals surface area (Å²) in [6.07, 6.45) is 3.02. The van der Waals surface area contributed by atoms with E-state index in [2.05, 4.69) is 5.32 Å². The number of carboxylic acid groups (broad SMARTS) is 1. The van der Waals surface area contributed by atoms with Crippen molar-refractivity contribution >= 4 is 17.6 Å². The first-order valence-corrected chi connectivity index (χ1v) is 8.34. The van der Waals surface area contributed by atoms with Crippen LogP contribution in [0.3, 0.4) is 0 Å². The fourth-order valence-electron chi connectivity index (χ4n) is 3.35. The van der Waals surface area contributed by atoms with Gasteiger partial charge in [-0.25, -0.2) is 0 Å². The van der Waals surface area contributed by atoms with E-state index >= 15 is 0 Å². The molecule has 1 aliphatic rings. The highest BCUT2D eigenvalue weighted by atomic mass is 16.4. The Kier molecular flexibility index (Phi) is 4.94. The van der Waals surface area contributed by atoms with Gasteiger partial charge in [0, 0.05) is 5.69 Å². The Morgan fingerprint density at radius 2 is 1.42 bits per heavy atom. The molecule has 0 aliphatic heterocycles. The summed E-state index contributed by atoms with van der Waals surface area (Å²) in [5.74, 6) is -2.06. The number of carbonyl (C=O) groups is 2. The van der Waals surface area contributed by atoms with E-state index < -0.39 is 17.8 Å². The van der Waals surface area contributed by atoms with Crippen LogP contribution in [0.5, 0.6) is 0 Å². The molecular weight excluding hydrogens is 302 g/mol. The number of carbonyl (C=O) groups excluding carboxylic acids is 1. The molecule has 4 heteroatoms. The molecule has 1 amide bonds. The van der Waals surface area contributed by atoms with E-state index in [1.165, 1.54) is 0 Å². The topological polar surface area (TPSA) is 66.4 Å². The maximum Gasteiger partial charge on any atom is 0.307 e. The number of hydrogen-bond donors (Lipinski definition) is 2. The summed E-state index contributed by atoms with van der Waals surface area (Å²) < 4.78 is 0. The Morgan fingerprint density at radius 3 is 2.04 bits per heavy atom. The summed E-state index contributed by atoms with van der Waals surface area (Å²) in [4.78, 5) is 23.8. The number of anilines is 1. The molecule has 0 radical (unpaired) electrons. The second-order valence-electron chi connectivity index (χ2n) is 6.27. The van der Waals surface area contributed by atoms with Gasteiger partial charge in [0.1, 0.15) is 0 Å². The van der Waals surface area contributed by atoms with Gasteiger partial charge in [0.15, 0.2) is 0 Å². The number of nitrogens with one attached hydrogen (secondary N) is 1. The van der Waals surface area contributed by atoms with Crippen LogP contribution in [0.4, 0.5) is 5.69 Å². The molecule has 0 saturated heterocycles. The lowest BCUT2D eigenvalue weighted by Gasteiger charge is -2.27. The molecule has 1 fully saturated rings. The molecule has 3 rings (SSSR count). The van der Waals surface area contributed by atoms with Crippen molar-refractivity contribution in [3.8, 4) is 11.1 Å². The van der Waals surface area contributed by atoms with Crippen molar-refractivity contribution in [3.05, 3.63) is 54.6 Å². The number of aliphatic carboxylic acids is 1. The van der Waals surface area contributed by atoms with E-state index in [0.717, 1.165) is 24.0 Å². The second-order valence-corrected chi connectivity index (χ2v) is 6.27. The molecule has 0 heterocycles. The molecule has 2 aromatic rings. The zero-order chi connectivity index (χ0) is 16.9. The predicted octanol–water partition coefficient (Wildman–Crippen LogP) is 4.18. The van der Waals surface area contributed by atoms with Crippen molar-refractivity contribution in [1.82, 2.24) is 0 Å². The molecule has 2 atom stereocenters. The number of amides is 1. The summed E-state index contributed by atoms with van der Waals surface area (Å²) in [7, 11) is 0. The molecule has 24 heavy (non-hydrogen) atoms. The van der Waals surface area contributed by atoms with Gasteiger partial charge in [0.25, 0.3) is 0 Å². The van der Waals surface area contributed by atoms with E-state index in [0.29, 0.717) is 18.5 Å². The molecular formula is C20H21NO3. The van der Waals surface area contributed by atoms with Gasteiger partial charge in [0.05, 0.1) is 11.8 Å². The summed E-state index contributed by atoms with van der Waals surface area (Å²) in [5.41, 5.74) is 2.90. The van der Waals surface area contributed by atoms with Crippen LogP contribution in [0.25, 0.3) is 11.1 Å². The third-order valence-electron chi connectivity index (χ3n) is 4.68. The predicted molar refractivity (Wildman–Crippen MR) is 93.6 cm³/mol. The SMILES string of the molecule is O=C(Nc1ccc(-c2ccccc2)cc1)[C@H]1CCCC[C@H]1C(=O)O. The Balaban J connectivity index is 1.69. The molecule has 4 nitrogen and oxygen atoms in total. The van der Waals surface area contributed by atoms with E-state index in [1.54, 1.807) is 0 Å². The highest BCUT2D eigenvalue weighted by Crippen LogP contribution is 2.31. The van der Waals surface area contributed by atoms with E-state index in [4.69, 9.17) is 0 Å². The molecule has 1 saturated carbocycles. The van der Waals surface area contributed by atoms with Crippen LogP contribution in [0.15, 0.2) is 54.6 Å². The summed E-state index contributed by atoms with van der Waals surface area (Å²) in [6, 6.07) is 17.7. The average Bonchev–Trinajstić information content (AvgIpc) is 2.63. The number of carboxylic acids is 1. The Hall–Kier alpha value is -2.62. The van der Waals surface area contributed by atoms with E-state index in [-0.39, 0.29) is 5.91 Å². The molecule has 0 unspecified atom stereocenters. The van der Waals surface area contributed by atoms with Gasteiger partial charge in [-0.15, -0.1) is 0 Å². The minimum atomic E-state index is -0.866. The molecule has 1 aliphatic carbocycles. The zero-order valence-electron chi connectivity index (χ0n) is 13.4. The van der Waals surface area contributed by atoms with Crippen molar-refractivity contribution in [3.63, 3.8) is 0 Å². The Labute approximate surface area is 141 Å². The highest BCUT2D eigenvalue weighted by Gasteiger charge is 2.35. The standard InChI is InChI=1S/C20H21NO3/c22-19(17-8-4-5-9-18(17)20(23)24)21-16-12-10-15(11-13-16)14-6-2-1-3-7-14/h1-3,6-7,10-13,17-18H,4-5,8-9H2,(H,21,22)(H,23,24)/t17-,18+/m0/s1. The van der Waals surface area contributed by atoms with Gasteiger partial charge in [-0.1, -0.05) is 55.3 Å². The van der Waals surface area contributed by atoms with Crippen LogP contribution < -0.4 is 5.32 Å². The average molecular weight is 323 g/mol. The molecule has 2 aromatic carbocycles. The van der Waals surface area contributed by atoms with Crippen LogP contribution in [0.1, 0.15) is 25.7 Å². The lowest BCUT2D eigenvalue weighted by molar-refractivity contribution is -0.147. The van der Waals surface area contributed by atoms with Crippen LogP contribution >= 0.6 is 0 Å². The van der Waals surface area contributed by atoms with Gasteiger partial charge in [0.2, 0.25) is 5.91 Å². The van der Waals surface area contributed by atoms with E-state index in [9.17, 15) is 14.7 Å². The first-order valence-electron chi connectivity index (χ1n) is 8.34. The van der Waals surface area contributed by atoms with Crippen molar-refractivity contribution < 1.29 is 14.7 Å². The van der Waals surface area contributed by atoms with Crippen molar-refractivity contribution in [1.29, 1.82) is 0 Å². The zero-order valence-corrected chi connectivity index (χ0v) is 13.4. The third-order valence-corrected chi connectivity index (χ3v) is 4.68. The van der Waals surface area contributed by atoms with Gasteiger partial charge >= 0.3 is 5.97 Å². The molecule has 0 spiro atoms. The van der Waals surface area contributed by atoms with Crippen LogP contribution in [-0.4, -0.2) is 17.0 Å². The van der Waals surface area contributed by atoms with Crippen LogP contribution in [-0.2, 0) is 9.59 Å². The van der Waals surface area contributed by atoms with Crippen molar-refractivity contribution in [2.75, 3.05) is 5.32 Å². The summed E-state index contributed by atoms with van der Waals surface area (Å²) >= 11 is 0. The maximum absolute atomic E-state index is 12.5. The quantitative estimate of drug-likeness (QED) is 0.887. The van der Waals surface area contributed by atoms with Crippen molar-refractivity contribution in [2.45, 2.75) is 25.7 Å². The molecule has 2 N–H and O–H groups in total. The van der Waals surface area contributed by atoms with Gasteiger partial charge < -0.3 is 10.4 Å². The lowest BCUT2D eigenvalue weighted by Crippen LogP contribution is -2.36. The minimum absolute atomic E-state index is 0.186. The highest BCUT2D eigenvalue weighted by molar-refractivity contribution is 5.95. The number of hydrogen-bond acceptors (Lipinski definition) is 2. The minimum Gasteiger partial charge on any atom is -0.481 e. The van der Waals surface area contributed by atoms with Gasteiger partial charge in [-0.05, 0) is 36.1 Å². The van der Waals surface area contributed by atoms with E-state index in [1.807, 2.05) is 54.6 Å². The number of benzene rings is 2. The molecule has 0 bridgehead atoms. The summed E-state index contributed by atoms with van der Waals surface area (Å²) in [5, 5.41) is 12.2. The van der Waals surface area contributed by atoms with Crippen LogP contribution in [0.2, 0.25) is 0 Å². The fourth-order valence-corrected chi connectivity index (χ4v) is 3.35. The summed E-state index contributed by atoms with van der Waals surface area (Å²) in [6.45, 7) is 0. The first kappa shape index (κ1) is 16.2. The van der Waals surface area contributed by atoms with Gasteiger partial charge in [-0.3, -0.25) is 9.59 Å². The van der Waals surface area contributed by atoms with Crippen LogP contribution in [0, 0.1) is 11.8 Å².